The van der Waals surface area contributed by atoms with Crippen LogP contribution in [0.5, 0.6) is 0 Å². The van der Waals surface area contributed by atoms with Crippen molar-refractivity contribution in [3.8, 4) is 0 Å². The molecule has 1 aromatic heterocycles. The van der Waals surface area contributed by atoms with E-state index in [9.17, 15) is 9.59 Å². The van der Waals surface area contributed by atoms with Gasteiger partial charge < -0.3 is 10.2 Å². The highest BCUT2D eigenvalue weighted by Crippen LogP contribution is 2.12. The number of pyridine rings is 1. The van der Waals surface area contributed by atoms with E-state index in [-0.39, 0.29) is 17.9 Å². The summed E-state index contributed by atoms with van der Waals surface area (Å²) in [5, 5.41) is 2.93. The molecule has 2 heterocycles. The zero-order valence-electron chi connectivity index (χ0n) is 10.0. The maximum atomic E-state index is 12.0. The Morgan fingerprint density at radius 2 is 2.39 bits per heavy atom. The standard InChI is InChI=1S/C12H14BrN3O2/c1-16-7-9(2-3-11(16)17)15-12(18)8-4-5-14-10(13)6-8/h4-6,9H,2-3,7H2,1H3,(H,15,18). The van der Waals surface area contributed by atoms with Crippen LogP contribution < -0.4 is 5.32 Å². The Hall–Kier alpha value is -1.43. The predicted molar refractivity (Wildman–Crippen MR) is 70.1 cm³/mol. The van der Waals surface area contributed by atoms with E-state index in [0.29, 0.717) is 29.6 Å². The number of hydrogen-bond donors (Lipinski definition) is 1. The van der Waals surface area contributed by atoms with E-state index in [4.69, 9.17) is 0 Å². The highest BCUT2D eigenvalue weighted by Gasteiger charge is 2.24. The first-order valence-corrected chi connectivity index (χ1v) is 6.52. The van der Waals surface area contributed by atoms with E-state index >= 15 is 0 Å². The first kappa shape index (κ1) is 13.0. The summed E-state index contributed by atoms with van der Waals surface area (Å²) in [6, 6.07) is 3.36. The van der Waals surface area contributed by atoms with Crippen LogP contribution in [-0.2, 0) is 4.79 Å². The van der Waals surface area contributed by atoms with Crippen molar-refractivity contribution >= 4 is 27.7 Å². The van der Waals surface area contributed by atoms with Crippen molar-refractivity contribution in [2.45, 2.75) is 18.9 Å². The number of likely N-dealkylation sites (tertiary alicyclic amines) is 1. The number of halogens is 1. The molecule has 0 aliphatic carbocycles. The van der Waals surface area contributed by atoms with Gasteiger partial charge in [0, 0.05) is 37.8 Å². The number of amides is 2. The fourth-order valence-electron chi connectivity index (χ4n) is 1.94. The lowest BCUT2D eigenvalue weighted by Crippen LogP contribution is -2.48. The molecule has 5 nitrogen and oxygen atoms in total. The largest absolute Gasteiger partial charge is 0.348 e. The molecule has 1 atom stereocenters. The molecule has 0 spiro atoms. The zero-order valence-corrected chi connectivity index (χ0v) is 11.6. The van der Waals surface area contributed by atoms with Gasteiger partial charge in [-0.1, -0.05) is 0 Å². The third-order valence-corrected chi connectivity index (χ3v) is 3.38. The monoisotopic (exact) mass is 311 g/mol. The van der Waals surface area contributed by atoms with Gasteiger partial charge in [-0.25, -0.2) is 4.98 Å². The number of hydrogen-bond acceptors (Lipinski definition) is 3. The average molecular weight is 312 g/mol. The predicted octanol–water partition coefficient (Wildman–Crippen LogP) is 1.19. The van der Waals surface area contributed by atoms with Crippen LogP contribution in [0.3, 0.4) is 0 Å². The van der Waals surface area contributed by atoms with Gasteiger partial charge in [0.2, 0.25) is 5.91 Å². The van der Waals surface area contributed by atoms with E-state index in [1.165, 1.54) is 0 Å². The van der Waals surface area contributed by atoms with Crippen LogP contribution in [0.4, 0.5) is 0 Å². The lowest BCUT2D eigenvalue weighted by atomic mass is 10.1. The highest BCUT2D eigenvalue weighted by atomic mass is 79.9. The molecule has 1 aromatic rings. The normalized spacial score (nSPS) is 19.8. The average Bonchev–Trinajstić information content (AvgIpc) is 2.34. The van der Waals surface area contributed by atoms with Crippen molar-refractivity contribution in [3.63, 3.8) is 0 Å². The molecule has 0 saturated carbocycles. The molecule has 6 heteroatoms. The minimum absolute atomic E-state index is 0.0205. The van der Waals surface area contributed by atoms with Crippen molar-refractivity contribution in [1.29, 1.82) is 0 Å². The quantitative estimate of drug-likeness (QED) is 0.835. The van der Waals surface area contributed by atoms with Gasteiger partial charge >= 0.3 is 0 Å². The summed E-state index contributed by atoms with van der Waals surface area (Å²) in [4.78, 5) is 29.0. The van der Waals surface area contributed by atoms with Gasteiger partial charge in [0.15, 0.2) is 0 Å². The van der Waals surface area contributed by atoms with Crippen molar-refractivity contribution in [3.05, 3.63) is 28.5 Å². The summed E-state index contributed by atoms with van der Waals surface area (Å²) in [6.45, 7) is 0.566. The van der Waals surface area contributed by atoms with Crippen LogP contribution in [0.25, 0.3) is 0 Å². The number of piperidine rings is 1. The molecular formula is C12H14BrN3O2. The van der Waals surface area contributed by atoms with Crippen LogP contribution in [0.1, 0.15) is 23.2 Å². The van der Waals surface area contributed by atoms with Gasteiger partial charge in [-0.05, 0) is 34.5 Å². The molecule has 1 unspecified atom stereocenters. The van der Waals surface area contributed by atoms with Gasteiger partial charge in [0.05, 0.1) is 0 Å². The van der Waals surface area contributed by atoms with Crippen molar-refractivity contribution in [1.82, 2.24) is 15.2 Å². The lowest BCUT2D eigenvalue weighted by Gasteiger charge is -2.30. The summed E-state index contributed by atoms with van der Waals surface area (Å²) < 4.78 is 0.631. The van der Waals surface area contributed by atoms with E-state index < -0.39 is 0 Å². The molecule has 0 aromatic carbocycles. The lowest BCUT2D eigenvalue weighted by molar-refractivity contribution is -0.132. The second-order valence-corrected chi connectivity index (χ2v) is 5.16. The number of aromatic nitrogens is 1. The van der Waals surface area contributed by atoms with Crippen molar-refractivity contribution < 1.29 is 9.59 Å². The van der Waals surface area contributed by atoms with Gasteiger partial charge in [-0.2, -0.15) is 0 Å². The summed E-state index contributed by atoms with van der Waals surface area (Å²) >= 11 is 3.23. The molecule has 96 valence electrons. The van der Waals surface area contributed by atoms with Crippen LogP contribution >= 0.6 is 15.9 Å². The Bertz CT molecular complexity index is 478. The SMILES string of the molecule is CN1CC(NC(=O)c2ccnc(Br)c2)CCC1=O. The van der Waals surface area contributed by atoms with Gasteiger partial charge in [0.25, 0.3) is 5.91 Å². The number of carbonyl (C=O) groups is 2. The number of nitrogens with one attached hydrogen (secondary N) is 1. The van der Waals surface area contributed by atoms with Gasteiger partial charge in [-0.3, -0.25) is 9.59 Å². The van der Waals surface area contributed by atoms with Crippen molar-refractivity contribution in [2.75, 3.05) is 13.6 Å². The number of carbonyl (C=O) groups excluding carboxylic acids is 2. The van der Waals surface area contributed by atoms with E-state index in [2.05, 4.69) is 26.2 Å². The number of nitrogens with zero attached hydrogens (tertiary/aromatic N) is 2. The number of likely N-dealkylation sites (N-methyl/N-ethyl adjacent to an activating group) is 1. The Kier molecular flexibility index (Phi) is 3.96. The van der Waals surface area contributed by atoms with Crippen LogP contribution in [-0.4, -0.2) is 41.3 Å². The molecule has 2 rings (SSSR count). The maximum absolute atomic E-state index is 12.0. The molecule has 1 saturated heterocycles. The van der Waals surface area contributed by atoms with Crippen LogP contribution in [0.2, 0.25) is 0 Å². The van der Waals surface area contributed by atoms with E-state index in [0.717, 1.165) is 0 Å². The summed E-state index contributed by atoms with van der Waals surface area (Å²) in [5.41, 5.74) is 0.566. The Morgan fingerprint density at radius 1 is 1.61 bits per heavy atom. The molecule has 0 radical (unpaired) electrons. The fraction of sp³-hybridized carbons (Fsp3) is 0.417. The Labute approximate surface area is 114 Å². The zero-order chi connectivity index (χ0) is 13.1. The molecule has 18 heavy (non-hydrogen) atoms. The van der Waals surface area contributed by atoms with Gasteiger partial charge in [-0.15, -0.1) is 0 Å². The molecule has 1 aliphatic heterocycles. The minimum Gasteiger partial charge on any atom is -0.348 e. The minimum atomic E-state index is -0.133. The van der Waals surface area contributed by atoms with Crippen LogP contribution in [0.15, 0.2) is 22.9 Å². The third-order valence-electron chi connectivity index (χ3n) is 2.95. The molecule has 1 aliphatic rings. The van der Waals surface area contributed by atoms with E-state index in [1.54, 1.807) is 30.3 Å². The van der Waals surface area contributed by atoms with Crippen molar-refractivity contribution in [2.24, 2.45) is 0 Å². The Balaban J connectivity index is 1.98. The summed E-state index contributed by atoms with van der Waals surface area (Å²) in [7, 11) is 1.75. The molecule has 1 fully saturated rings. The maximum Gasteiger partial charge on any atom is 0.251 e. The molecular weight excluding hydrogens is 298 g/mol. The second kappa shape index (κ2) is 5.48. The first-order valence-electron chi connectivity index (χ1n) is 5.72. The smallest absolute Gasteiger partial charge is 0.251 e. The topological polar surface area (TPSA) is 62.3 Å². The second-order valence-electron chi connectivity index (χ2n) is 4.35. The molecule has 1 N–H and O–H groups in total. The molecule has 0 bridgehead atoms. The summed E-state index contributed by atoms with van der Waals surface area (Å²) in [6.07, 6.45) is 2.76. The van der Waals surface area contributed by atoms with Gasteiger partial charge in [0.1, 0.15) is 4.60 Å². The summed E-state index contributed by atoms with van der Waals surface area (Å²) in [5.74, 6) is -0.00185. The van der Waals surface area contributed by atoms with E-state index in [1.807, 2.05) is 0 Å². The Morgan fingerprint density at radius 3 is 3.06 bits per heavy atom. The fourth-order valence-corrected chi connectivity index (χ4v) is 2.31. The first-order chi connectivity index (χ1) is 8.56. The molecule has 2 amide bonds. The van der Waals surface area contributed by atoms with Crippen LogP contribution in [0, 0.1) is 0 Å². The number of rotatable bonds is 2. The third kappa shape index (κ3) is 3.07. The highest BCUT2D eigenvalue weighted by molar-refractivity contribution is 9.10.